The number of halogens is 2. The molecule has 0 aromatic heterocycles. The first kappa shape index (κ1) is 9.53. The molecule has 2 rings (SSSR count). The van der Waals surface area contributed by atoms with Gasteiger partial charge in [0.2, 0.25) is 0 Å². The van der Waals surface area contributed by atoms with E-state index in [4.69, 9.17) is 13.4 Å². The lowest BCUT2D eigenvalue weighted by atomic mass is 9.79. The molecule has 92 valence electrons. The van der Waals surface area contributed by atoms with Crippen LogP contribution in [0.25, 0.3) is 0 Å². The van der Waals surface area contributed by atoms with Crippen LogP contribution in [0.3, 0.4) is 0 Å². The van der Waals surface area contributed by atoms with E-state index in [1.165, 1.54) is 0 Å². The highest BCUT2D eigenvalue weighted by Crippen LogP contribution is 2.36. The zero-order valence-corrected chi connectivity index (χ0v) is 11.7. The van der Waals surface area contributed by atoms with Crippen LogP contribution in [-0.4, -0.2) is 18.3 Å². The Morgan fingerprint density at radius 2 is 1.76 bits per heavy atom. The quantitative estimate of drug-likeness (QED) is 0.743. The lowest BCUT2D eigenvalue weighted by Gasteiger charge is -2.32. The molecule has 1 aromatic carbocycles. The fourth-order valence-electron chi connectivity index (χ4n) is 1.46. The van der Waals surface area contributed by atoms with Crippen LogP contribution < -0.4 is 5.46 Å². The fourth-order valence-corrected chi connectivity index (χ4v) is 1.77. The van der Waals surface area contributed by atoms with E-state index < -0.39 is 30.2 Å². The number of benzene rings is 1. The van der Waals surface area contributed by atoms with Gasteiger partial charge in [-0.05, 0) is 61.2 Å². The molecule has 1 aliphatic heterocycles. The minimum Gasteiger partial charge on any atom is -0.399 e. The highest BCUT2D eigenvalue weighted by atomic mass is 79.9. The van der Waals surface area contributed by atoms with Gasteiger partial charge < -0.3 is 9.31 Å². The molecular weight excluding hydrogens is 286 g/mol. The van der Waals surface area contributed by atoms with E-state index in [1.807, 2.05) is 27.7 Å². The highest BCUT2D eigenvalue weighted by molar-refractivity contribution is 9.10. The SMILES string of the molecule is [2H]c1c([2H])c(B2OC(C)(C)C(C)(C)O2)c([2H])c(Br)c1F. The molecule has 5 heteroatoms. The van der Waals surface area contributed by atoms with Crippen molar-refractivity contribution in [1.82, 2.24) is 0 Å². The van der Waals surface area contributed by atoms with Crippen LogP contribution in [0.5, 0.6) is 0 Å². The van der Waals surface area contributed by atoms with Gasteiger partial charge in [-0.1, -0.05) is 6.04 Å². The zero-order valence-electron chi connectivity index (χ0n) is 13.1. The molecule has 1 aliphatic rings. The van der Waals surface area contributed by atoms with Gasteiger partial charge in [0.15, 0.2) is 0 Å². The van der Waals surface area contributed by atoms with E-state index in [1.54, 1.807) is 0 Å². The van der Waals surface area contributed by atoms with Crippen LogP contribution in [-0.2, 0) is 9.31 Å². The molecule has 0 aliphatic carbocycles. The average Bonchev–Trinajstić information content (AvgIpc) is 2.53. The van der Waals surface area contributed by atoms with Gasteiger partial charge in [-0.3, -0.25) is 0 Å². The van der Waals surface area contributed by atoms with Crippen molar-refractivity contribution < 1.29 is 17.8 Å². The van der Waals surface area contributed by atoms with E-state index in [0.29, 0.717) is 0 Å². The predicted octanol–water partition coefficient (Wildman–Crippen LogP) is 2.89. The van der Waals surface area contributed by atoms with Crippen LogP contribution in [0.1, 0.15) is 31.8 Å². The summed E-state index contributed by atoms with van der Waals surface area (Å²) in [7, 11) is -0.957. The molecule has 0 unspecified atom stereocenters. The molecule has 0 saturated carbocycles. The summed E-state index contributed by atoms with van der Waals surface area (Å²) >= 11 is 2.94. The van der Waals surface area contributed by atoms with Crippen molar-refractivity contribution in [2.24, 2.45) is 0 Å². The van der Waals surface area contributed by atoms with Crippen molar-refractivity contribution in [1.29, 1.82) is 0 Å². The summed E-state index contributed by atoms with van der Waals surface area (Å²) in [5.74, 6) is -0.916. The minimum absolute atomic E-state index is 0.0712. The Morgan fingerprint density at radius 1 is 1.24 bits per heavy atom. The Kier molecular flexibility index (Phi) is 2.28. The predicted molar refractivity (Wildman–Crippen MR) is 69.8 cm³/mol. The van der Waals surface area contributed by atoms with Crippen LogP contribution in [0.15, 0.2) is 22.6 Å². The molecule has 1 heterocycles. The number of hydrogen-bond donors (Lipinski definition) is 0. The normalized spacial score (nSPS) is 24.4. The Labute approximate surface area is 114 Å². The maximum Gasteiger partial charge on any atom is 0.494 e. The molecule has 1 fully saturated rings. The van der Waals surface area contributed by atoms with Gasteiger partial charge in [-0.25, -0.2) is 4.39 Å². The van der Waals surface area contributed by atoms with E-state index in [9.17, 15) is 4.39 Å². The molecule has 0 radical (unpaired) electrons. The number of rotatable bonds is 1. The standard InChI is InChI=1S/C12H15BBrFO2/c1-11(2)12(3,4)17-13(16-11)8-5-6-10(15)9(14)7-8/h5-7H,1-4H3/i5D,6D,7D. The Hall–Kier alpha value is -0.385. The molecule has 2 nitrogen and oxygen atoms in total. The van der Waals surface area contributed by atoms with E-state index in [0.717, 1.165) is 0 Å². The molecule has 0 bridgehead atoms. The molecule has 17 heavy (non-hydrogen) atoms. The van der Waals surface area contributed by atoms with Crippen LogP contribution in [0.4, 0.5) is 4.39 Å². The van der Waals surface area contributed by atoms with Crippen molar-refractivity contribution in [3.63, 3.8) is 0 Å². The third-order valence-electron chi connectivity index (χ3n) is 3.23. The average molecular weight is 304 g/mol. The molecule has 0 N–H and O–H groups in total. The maximum atomic E-state index is 13.7. The third-order valence-corrected chi connectivity index (χ3v) is 3.78. The second-order valence-corrected chi connectivity index (χ2v) is 5.80. The van der Waals surface area contributed by atoms with Crippen molar-refractivity contribution in [2.45, 2.75) is 38.9 Å². The molecule has 0 amide bonds. The Bertz CT molecular complexity index is 535. The Balaban J connectivity index is 2.57. The topological polar surface area (TPSA) is 18.5 Å². The second kappa shape index (κ2) is 4.07. The lowest BCUT2D eigenvalue weighted by molar-refractivity contribution is 0.00578. The van der Waals surface area contributed by atoms with E-state index >= 15 is 0 Å². The third kappa shape index (κ3) is 2.28. The van der Waals surface area contributed by atoms with Crippen molar-refractivity contribution >= 4 is 28.5 Å². The van der Waals surface area contributed by atoms with Gasteiger partial charge in [0.25, 0.3) is 0 Å². The lowest BCUT2D eigenvalue weighted by Crippen LogP contribution is -2.41. The summed E-state index contributed by atoms with van der Waals surface area (Å²) in [6.45, 7) is 7.39. The van der Waals surface area contributed by atoms with Gasteiger partial charge in [-0.15, -0.1) is 0 Å². The molecule has 1 saturated heterocycles. The van der Waals surface area contributed by atoms with E-state index in [-0.39, 0.29) is 22.0 Å². The summed E-state index contributed by atoms with van der Waals surface area (Å²) in [5.41, 5.74) is -1.18. The van der Waals surface area contributed by atoms with Gasteiger partial charge in [0.1, 0.15) is 5.82 Å². The largest absolute Gasteiger partial charge is 0.494 e. The molecule has 0 atom stereocenters. The molecular formula is C12H15BBrFO2. The first-order valence-electron chi connectivity index (χ1n) is 6.80. The first-order valence-corrected chi connectivity index (χ1v) is 6.09. The summed E-state index contributed by atoms with van der Waals surface area (Å²) in [4.78, 5) is 0. The summed E-state index contributed by atoms with van der Waals surface area (Å²) < 4.78 is 48.5. The van der Waals surface area contributed by atoms with Crippen LogP contribution in [0, 0.1) is 5.82 Å². The Morgan fingerprint density at radius 3 is 2.29 bits per heavy atom. The summed E-state index contributed by atoms with van der Waals surface area (Å²) in [6.07, 6.45) is 0. The van der Waals surface area contributed by atoms with Crippen LogP contribution in [0.2, 0.25) is 0 Å². The molecule has 1 aromatic rings. The van der Waals surface area contributed by atoms with Gasteiger partial charge in [0, 0.05) is 0 Å². The number of hydrogen-bond acceptors (Lipinski definition) is 2. The monoisotopic (exact) mass is 303 g/mol. The minimum atomic E-state index is -0.957. The van der Waals surface area contributed by atoms with Crippen molar-refractivity contribution in [3.8, 4) is 0 Å². The van der Waals surface area contributed by atoms with Gasteiger partial charge in [0.05, 0.1) is 19.8 Å². The van der Waals surface area contributed by atoms with Gasteiger partial charge >= 0.3 is 7.12 Å². The molecule has 0 spiro atoms. The first-order chi connectivity index (χ1) is 8.99. The smallest absolute Gasteiger partial charge is 0.399 e. The van der Waals surface area contributed by atoms with Gasteiger partial charge in [-0.2, -0.15) is 0 Å². The second-order valence-electron chi connectivity index (χ2n) is 5.00. The zero-order chi connectivity index (χ0) is 15.5. The van der Waals surface area contributed by atoms with Crippen molar-refractivity contribution in [2.75, 3.05) is 0 Å². The van der Waals surface area contributed by atoms with Crippen LogP contribution >= 0.6 is 15.9 Å². The van der Waals surface area contributed by atoms with Crippen molar-refractivity contribution in [3.05, 3.63) is 28.4 Å². The fraction of sp³-hybridized carbons (Fsp3) is 0.500. The summed E-state index contributed by atoms with van der Waals surface area (Å²) in [5, 5.41) is 0. The maximum absolute atomic E-state index is 13.7. The summed E-state index contributed by atoms with van der Waals surface area (Å²) in [6, 6.07) is -1.17. The van der Waals surface area contributed by atoms with E-state index in [2.05, 4.69) is 15.9 Å². The highest BCUT2D eigenvalue weighted by Gasteiger charge is 2.51.